The Hall–Kier alpha value is -3.10. The minimum atomic E-state index is -2.69. The Kier molecular flexibility index (Phi) is 4.55. The van der Waals surface area contributed by atoms with Gasteiger partial charge in [-0.2, -0.15) is 10.1 Å². The number of nitrogens with zero attached hydrogens (tertiary/aromatic N) is 4. The van der Waals surface area contributed by atoms with Crippen LogP contribution in [0.2, 0.25) is 0 Å². The lowest BCUT2D eigenvalue weighted by molar-refractivity contribution is -0.117. The second-order valence-corrected chi connectivity index (χ2v) is 5.44. The van der Waals surface area contributed by atoms with Crippen molar-refractivity contribution in [1.82, 2.24) is 19.9 Å². The Balaban J connectivity index is 1.67. The van der Waals surface area contributed by atoms with Crippen molar-refractivity contribution in [1.29, 1.82) is 0 Å². The molecule has 2 heterocycles. The number of nitrogens with one attached hydrogen (secondary N) is 1. The predicted octanol–water partition coefficient (Wildman–Crippen LogP) is 3.13. The molecule has 0 fully saturated rings. The van der Waals surface area contributed by atoms with Crippen molar-refractivity contribution in [3.63, 3.8) is 0 Å². The molecule has 0 aliphatic carbocycles. The number of hydrogen-bond donors (Lipinski definition) is 1. The van der Waals surface area contributed by atoms with Gasteiger partial charge in [-0.05, 0) is 44.2 Å². The van der Waals surface area contributed by atoms with Gasteiger partial charge in [0.1, 0.15) is 12.2 Å². The molecule has 1 aromatic carbocycles. The van der Waals surface area contributed by atoms with Crippen LogP contribution in [0.1, 0.15) is 23.6 Å². The highest BCUT2D eigenvalue weighted by Crippen LogP contribution is 2.21. The first-order valence-corrected chi connectivity index (χ1v) is 7.45. The van der Waals surface area contributed by atoms with Crippen molar-refractivity contribution in [2.24, 2.45) is 0 Å². The van der Waals surface area contributed by atoms with Gasteiger partial charge < -0.3 is 9.84 Å². The van der Waals surface area contributed by atoms with Crippen LogP contribution in [0.3, 0.4) is 0 Å². The van der Waals surface area contributed by atoms with Gasteiger partial charge in [0.15, 0.2) is 5.82 Å². The summed E-state index contributed by atoms with van der Waals surface area (Å²) in [6.45, 7) is 3.02. The van der Waals surface area contributed by atoms with E-state index >= 15 is 0 Å². The number of aromatic nitrogens is 4. The molecule has 0 atom stereocenters. The SMILES string of the molecule is Cc1cc(C(F)F)n(CC(=O)Nc2ccc(-c3nc(C)no3)cc2)n1. The third kappa shape index (κ3) is 3.87. The summed E-state index contributed by atoms with van der Waals surface area (Å²) in [5.74, 6) is 0.451. The van der Waals surface area contributed by atoms with Crippen molar-refractivity contribution >= 4 is 11.6 Å². The summed E-state index contributed by atoms with van der Waals surface area (Å²) in [7, 11) is 0. The largest absolute Gasteiger partial charge is 0.334 e. The fraction of sp³-hybridized carbons (Fsp3) is 0.250. The van der Waals surface area contributed by atoms with Crippen LogP contribution in [-0.2, 0) is 11.3 Å². The molecule has 3 aromatic rings. The van der Waals surface area contributed by atoms with Gasteiger partial charge in [0, 0.05) is 11.3 Å². The monoisotopic (exact) mass is 347 g/mol. The van der Waals surface area contributed by atoms with Gasteiger partial charge in [0.2, 0.25) is 5.91 Å². The molecule has 2 aromatic heterocycles. The lowest BCUT2D eigenvalue weighted by Gasteiger charge is -2.08. The van der Waals surface area contributed by atoms with Crippen molar-refractivity contribution in [3.05, 3.63) is 47.5 Å². The zero-order valence-electron chi connectivity index (χ0n) is 13.5. The van der Waals surface area contributed by atoms with Gasteiger partial charge in [0.05, 0.1) is 5.69 Å². The van der Waals surface area contributed by atoms with Crippen molar-refractivity contribution in [2.75, 3.05) is 5.32 Å². The van der Waals surface area contributed by atoms with E-state index < -0.39 is 12.3 Å². The lowest BCUT2D eigenvalue weighted by atomic mass is 10.2. The van der Waals surface area contributed by atoms with E-state index in [0.717, 1.165) is 4.68 Å². The third-order valence-electron chi connectivity index (χ3n) is 3.39. The minimum absolute atomic E-state index is 0.283. The first kappa shape index (κ1) is 16.7. The summed E-state index contributed by atoms with van der Waals surface area (Å²) in [6.07, 6.45) is -2.69. The number of carbonyl (C=O) groups excluding carboxylic acids is 1. The molecule has 0 spiro atoms. The second-order valence-electron chi connectivity index (χ2n) is 5.44. The Morgan fingerprint density at radius 1 is 1.28 bits per heavy atom. The molecule has 0 bridgehead atoms. The van der Waals surface area contributed by atoms with E-state index in [0.29, 0.717) is 28.7 Å². The molecule has 1 amide bonds. The number of amides is 1. The van der Waals surface area contributed by atoms with Crippen molar-refractivity contribution in [3.8, 4) is 11.5 Å². The molecule has 0 aliphatic heterocycles. The number of benzene rings is 1. The molecule has 7 nitrogen and oxygen atoms in total. The van der Waals surface area contributed by atoms with Crippen LogP contribution in [0.4, 0.5) is 14.5 Å². The van der Waals surface area contributed by atoms with E-state index in [1.807, 2.05) is 0 Å². The molecule has 0 radical (unpaired) electrons. The summed E-state index contributed by atoms with van der Waals surface area (Å²) in [5.41, 5.74) is 1.38. The quantitative estimate of drug-likeness (QED) is 0.766. The molecule has 130 valence electrons. The Morgan fingerprint density at radius 3 is 2.60 bits per heavy atom. The van der Waals surface area contributed by atoms with Gasteiger partial charge in [-0.25, -0.2) is 8.78 Å². The van der Waals surface area contributed by atoms with Crippen LogP contribution in [0.5, 0.6) is 0 Å². The Labute approximate surface area is 141 Å². The standard InChI is InChI=1S/C16H15F2N5O2/c1-9-7-13(15(17)18)23(21-9)8-14(24)20-12-5-3-11(4-6-12)16-19-10(2)22-25-16/h3-7,15H,8H2,1-2H3,(H,20,24). The summed E-state index contributed by atoms with van der Waals surface area (Å²) in [6, 6.07) is 8.01. The predicted molar refractivity (Wildman–Crippen MR) is 85.0 cm³/mol. The zero-order chi connectivity index (χ0) is 18.0. The Bertz CT molecular complexity index is 886. The van der Waals surface area contributed by atoms with Gasteiger partial charge in [-0.3, -0.25) is 9.48 Å². The van der Waals surface area contributed by atoms with Crippen LogP contribution in [-0.4, -0.2) is 25.8 Å². The molecule has 0 aliphatic rings. The van der Waals surface area contributed by atoms with E-state index in [4.69, 9.17) is 4.52 Å². The molecule has 0 saturated heterocycles. The number of alkyl halides is 2. The van der Waals surface area contributed by atoms with Gasteiger partial charge >= 0.3 is 0 Å². The highest BCUT2D eigenvalue weighted by molar-refractivity contribution is 5.90. The first-order valence-electron chi connectivity index (χ1n) is 7.45. The second kappa shape index (κ2) is 6.80. The molecule has 0 unspecified atom stereocenters. The summed E-state index contributed by atoms with van der Waals surface area (Å²) < 4.78 is 31.9. The topological polar surface area (TPSA) is 85.8 Å². The summed E-state index contributed by atoms with van der Waals surface area (Å²) in [5, 5.41) is 10.3. The number of rotatable bonds is 5. The van der Waals surface area contributed by atoms with Gasteiger partial charge in [-0.15, -0.1) is 0 Å². The smallest absolute Gasteiger partial charge is 0.280 e. The third-order valence-corrected chi connectivity index (χ3v) is 3.39. The highest BCUT2D eigenvalue weighted by Gasteiger charge is 2.17. The van der Waals surface area contributed by atoms with Crippen LogP contribution in [0.25, 0.3) is 11.5 Å². The molecule has 3 rings (SSSR count). The maximum Gasteiger partial charge on any atom is 0.280 e. The number of aryl methyl sites for hydroxylation is 2. The fourth-order valence-corrected chi connectivity index (χ4v) is 2.31. The van der Waals surface area contributed by atoms with Gasteiger partial charge in [0.25, 0.3) is 12.3 Å². The van der Waals surface area contributed by atoms with Gasteiger partial charge in [-0.1, -0.05) is 5.16 Å². The van der Waals surface area contributed by atoms with E-state index in [1.165, 1.54) is 6.07 Å². The van der Waals surface area contributed by atoms with Crippen LogP contribution in [0.15, 0.2) is 34.9 Å². The molecule has 9 heteroatoms. The normalized spacial score (nSPS) is 11.1. The molecular weight excluding hydrogens is 332 g/mol. The van der Waals surface area contributed by atoms with E-state index in [2.05, 4.69) is 20.6 Å². The maximum absolute atomic E-state index is 12.9. The Morgan fingerprint density at radius 2 is 2.00 bits per heavy atom. The zero-order valence-corrected chi connectivity index (χ0v) is 13.5. The first-order chi connectivity index (χ1) is 11.9. The minimum Gasteiger partial charge on any atom is -0.334 e. The van der Waals surface area contributed by atoms with Crippen molar-refractivity contribution in [2.45, 2.75) is 26.8 Å². The lowest BCUT2D eigenvalue weighted by Crippen LogP contribution is -2.21. The number of carbonyl (C=O) groups is 1. The van der Waals surface area contributed by atoms with Crippen LogP contribution >= 0.6 is 0 Å². The molecule has 0 saturated carbocycles. The number of halogens is 2. The number of hydrogen-bond acceptors (Lipinski definition) is 5. The van der Waals surface area contributed by atoms with E-state index in [-0.39, 0.29) is 12.2 Å². The van der Waals surface area contributed by atoms with Crippen LogP contribution in [0, 0.1) is 13.8 Å². The van der Waals surface area contributed by atoms with Crippen molar-refractivity contribution < 1.29 is 18.1 Å². The van der Waals surface area contributed by atoms with E-state index in [1.54, 1.807) is 38.1 Å². The summed E-state index contributed by atoms with van der Waals surface area (Å²) >= 11 is 0. The van der Waals surface area contributed by atoms with Crippen LogP contribution < -0.4 is 5.32 Å². The average molecular weight is 347 g/mol. The summed E-state index contributed by atoms with van der Waals surface area (Å²) in [4.78, 5) is 16.2. The highest BCUT2D eigenvalue weighted by atomic mass is 19.3. The molecule has 25 heavy (non-hydrogen) atoms. The average Bonchev–Trinajstić information content (AvgIpc) is 3.14. The maximum atomic E-state index is 12.9. The fourth-order valence-electron chi connectivity index (χ4n) is 2.31. The number of anilines is 1. The molecule has 1 N–H and O–H groups in total. The molecular formula is C16H15F2N5O2. The van der Waals surface area contributed by atoms with E-state index in [9.17, 15) is 13.6 Å².